The van der Waals surface area contributed by atoms with Crippen LogP contribution < -0.4 is 10.6 Å². The number of carbonyl (C=O) groups is 4. The summed E-state index contributed by atoms with van der Waals surface area (Å²) in [5.74, 6) is -2.59. The van der Waals surface area contributed by atoms with Crippen molar-refractivity contribution in [2.24, 2.45) is 5.92 Å². The third-order valence-corrected chi connectivity index (χ3v) is 5.53. The number of amides is 2. The van der Waals surface area contributed by atoms with Crippen molar-refractivity contribution in [3.8, 4) is 0 Å². The molecule has 10 heteroatoms. The van der Waals surface area contributed by atoms with Gasteiger partial charge in [0, 0.05) is 0 Å². The van der Waals surface area contributed by atoms with Crippen LogP contribution in [0, 0.1) is 5.92 Å². The Labute approximate surface area is 221 Å². The van der Waals surface area contributed by atoms with Crippen molar-refractivity contribution in [1.82, 2.24) is 20.6 Å². The third kappa shape index (κ3) is 8.29. The molecule has 0 aliphatic heterocycles. The van der Waals surface area contributed by atoms with Gasteiger partial charge in [-0.1, -0.05) is 74.5 Å². The Morgan fingerprint density at radius 2 is 1.34 bits per heavy atom. The van der Waals surface area contributed by atoms with Crippen LogP contribution in [0.2, 0.25) is 0 Å². The number of H-pyrrole nitrogens is 1. The highest BCUT2D eigenvalue weighted by Crippen LogP contribution is 2.11. The maximum atomic E-state index is 13.0. The molecular weight excluding hydrogens is 488 g/mol. The number of nitrogens with one attached hydrogen (secondary N) is 3. The van der Waals surface area contributed by atoms with E-state index >= 15 is 0 Å². The fraction of sp³-hybridized carbons (Fsp3) is 0.321. The van der Waals surface area contributed by atoms with Crippen molar-refractivity contribution in [2.75, 3.05) is 0 Å². The maximum absolute atomic E-state index is 13.0. The zero-order valence-corrected chi connectivity index (χ0v) is 21.6. The lowest BCUT2D eigenvalue weighted by Crippen LogP contribution is -2.44. The molecule has 38 heavy (non-hydrogen) atoms. The number of hydrogen-bond donors (Lipinski definition) is 3. The van der Waals surface area contributed by atoms with Crippen molar-refractivity contribution in [1.29, 1.82) is 0 Å². The van der Waals surface area contributed by atoms with Crippen LogP contribution in [-0.4, -0.2) is 45.8 Å². The van der Waals surface area contributed by atoms with Gasteiger partial charge in [0.15, 0.2) is 5.69 Å². The second-order valence-electron chi connectivity index (χ2n) is 9.16. The first-order valence-electron chi connectivity index (χ1n) is 12.3. The number of esters is 2. The summed E-state index contributed by atoms with van der Waals surface area (Å²) in [6.07, 6.45) is 1.52. The molecule has 0 radical (unpaired) electrons. The first-order chi connectivity index (χ1) is 18.2. The Morgan fingerprint density at radius 3 is 1.89 bits per heavy atom. The van der Waals surface area contributed by atoms with Gasteiger partial charge < -0.3 is 25.1 Å². The summed E-state index contributed by atoms with van der Waals surface area (Å²) in [5, 5.41) is 5.13. The van der Waals surface area contributed by atoms with E-state index in [1.54, 1.807) is 0 Å². The summed E-state index contributed by atoms with van der Waals surface area (Å²) in [7, 11) is 0. The van der Waals surface area contributed by atoms with Gasteiger partial charge in [0.1, 0.15) is 31.0 Å². The van der Waals surface area contributed by atoms with Crippen LogP contribution in [0.25, 0.3) is 0 Å². The lowest BCUT2D eigenvalue weighted by Gasteiger charge is -2.19. The zero-order chi connectivity index (χ0) is 27.5. The van der Waals surface area contributed by atoms with E-state index in [4.69, 9.17) is 9.47 Å². The van der Waals surface area contributed by atoms with Gasteiger partial charge in [-0.2, -0.15) is 0 Å². The molecule has 200 valence electrons. The summed E-state index contributed by atoms with van der Waals surface area (Å²) in [5.41, 5.74) is 1.27. The van der Waals surface area contributed by atoms with Gasteiger partial charge in [-0.05, 0) is 30.4 Å². The van der Waals surface area contributed by atoms with Crippen molar-refractivity contribution < 1.29 is 28.7 Å². The first kappa shape index (κ1) is 28.1. The summed E-state index contributed by atoms with van der Waals surface area (Å²) in [4.78, 5) is 57.5. The van der Waals surface area contributed by atoms with Crippen LogP contribution in [-0.2, 0) is 32.3 Å². The maximum Gasteiger partial charge on any atom is 0.328 e. The topological polar surface area (TPSA) is 139 Å². The minimum Gasteiger partial charge on any atom is -0.459 e. The molecule has 3 aromatic rings. The van der Waals surface area contributed by atoms with Crippen LogP contribution in [0.3, 0.4) is 0 Å². The van der Waals surface area contributed by atoms with Crippen molar-refractivity contribution in [2.45, 2.75) is 52.5 Å². The summed E-state index contributed by atoms with van der Waals surface area (Å²) < 4.78 is 10.7. The molecule has 2 amide bonds. The fourth-order valence-electron chi connectivity index (χ4n) is 3.56. The smallest absolute Gasteiger partial charge is 0.328 e. The van der Waals surface area contributed by atoms with Gasteiger partial charge in [-0.15, -0.1) is 0 Å². The Hall–Kier alpha value is -4.47. The van der Waals surface area contributed by atoms with Crippen LogP contribution in [0.5, 0.6) is 0 Å². The Morgan fingerprint density at radius 1 is 0.789 bits per heavy atom. The molecule has 2 aromatic carbocycles. The molecule has 0 fully saturated rings. The second-order valence-corrected chi connectivity index (χ2v) is 9.16. The minimum atomic E-state index is -0.986. The van der Waals surface area contributed by atoms with Gasteiger partial charge in [0.25, 0.3) is 11.8 Å². The number of rotatable bonds is 12. The molecule has 0 spiro atoms. The summed E-state index contributed by atoms with van der Waals surface area (Å²) in [6, 6.07) is 16.4. The largest absolute Gasteiger partial charge is 0.459 e. The third-order valence-electron chi connectivity index (χ3n) is 5.53. The standard InChI is InChI=1S/C28H32N4O6/c1-18(2)14-22(28(36)38-16-21-12-8-5-9-13-21)32-26(34)24-23(29-17-30-24)25(33)31-19(3)27(35)37-15-20-10-6-4-7-11-20/h4-13,17-19,22H,14-16H2,1-3H3,(H,29,30)(H,31,33)(H,32,34). The number of ether oxygens (including phenoxy) is 2. The molecular formula is C28H32N4O6. The highest BCUT2D eigenvalue weighted by Gasteiger charge is 2.28. The van der Waals surface area contributed by atoms with Crippen LogP contribution >= 0.6 is 0 Å². The van der Waals surface area contributed by atoms with Crippen molar-refractivity contribution in [3.05, 3.63) is 89.5 Å². The molecule has 3 N–H and O–H groups in total. The molecule has 10 nitrogen and oxygen atoms in total. The van der Waals surface area contributed by atoms with Gasteiger partial charge in [-0.25, -0.2) is 14.6 Å². The second kappa shape index (κ2) is 13.7. The van der Waals surface area contributed by atoms with E-state index in [0.717, 1.165) is 11.1 Å². The molecule has 0 aliphatic carbocycles. The zero-order valence-electron chi connectivity index (χ0n) is 21.6. The van der Waals surface area contributed by atoms with Crippen LogP contribution in [0.4, 0.5) is 0 Å². The highest BCUT2D eigenvalue weighted by atomic mass is 16.5. The average Bonchev–Trinajstić information content (AvgIpc) is 3.41. The minimum absolute atomic E-state index is 0.0631. The molecule has 2 unspecified atom stereocenters. The van der Waals surface area contributed by atoms with Gasteiger partial charge >= 0.3 is 11.9 Å². The SMILES string of the molecule is CC(C)CC(NC(=O)c1[nH]cnc1C(=O)NC(C)C(=O)OCc1ccccc1)C(=O)OCc1ccccc1. The van der Waals surface area contributed by atoms with E-state index < -0.39 is 35.8 Å². The number of hydrogen-bond acceptors (Lipinski definition) is 7. The molecule has 1 heterocycles. The quantitative estimate of drug-likeness (QED) is 0.312. The lowest BCUT2D eigenvalue weighted by molar-refractivity contribution is -0.148. The van der Waals surface area contributed by atoms with Crippen molar-refractivity contribution >= 4 is 23.8 Å². The van der Waals surface area contributed by atoms with Crippen molar-refractivity contribution in [3.63, 3.8) is 0 Å². The van der Waals surface area contributed by atoms with Gasteiger partial charge in [-0.3, -0.25) is 9.59 Å². The number of aromatic amines is 1. The number of benzene rings is 2. The van der Waals surface area contributed by atoms with E-state index in [9.17, 15) is 19.2 Å². The number of aromatic nitrogens is 2. The average molecular weight is 521 g/mol. The van der Waals surface area contributed by atoms with Gasteiger partial charge in [0.2, 0.25) is 0 Å². The van der Waals surface area contributed by atoms with Gasteiger partial charge in [0.05, 0.1) is 6.33 Å². The molecule has 0 saturated heterocycles. The first-order valence-corrected chi connectivity index (χ1v) is 12.3. The van der Waals surface area contributed by atoms with E-state index in [1.165, 1.54) is 13.3 Å². The Balaban J connectivity index is 1.60. The molecule has 0 aliphatic rings. The summed E-state index contributed by atoms with van der Waals surface area (Å²) in [6.45, 7) is 5.43. The molecule has 1 aromatic heterocycles. The van der Waals surface area contributed by atoms with E-state index in [2.05, 4.69) is 20.6 Å². The van der Waals surface area contributed by atoms with Crippen LogP contribution in [0.15, 0.2) is 67.0 Å². The van der Waals surface area contributed by atoms with E-state index in [1.807, 2.05) is 74.5 Å². The molecule has 0 bridgehead atoms. The number of imidazole rings is 1. The Kier molecular flexibility index (Phi) is 10.2. The molecule has 0 saturated carbocycles. The normalized spacial score (nSPS) is 12.3. The predicted molar refractivity (Wildman–Crippen MR) is 139 cm³/mol. The van der Waals surface area contributed by atoms with E-state index in [-0.39, 0.29) is 30.5 Å². The highest BCUT2D eigenvalue weighted by molar-refractivity contribution is 6.06. The molecule has 2 atom stereocenters. The number of nitrogens with zero attached hydrogens (tertiary/aromatic N) is 1. The lowest BCUT2D eigenvalue weighted by atomic mass is 10.0. The molecule has 3 rings (SSSR count). The summed E-state index contributed by atoms with van der Waals surface area (Å²) >= 11 is 0. The monoisotopic (exact) mass is 520 g/mol. The predicted octanol–water partition coefficient (Wildman–Crippen LogP) is 3.16. The number of carbonyl (C=O) groups excluding carboxylic acids is 4. The van der Waals surface area contributed by atoms with E-state index in [0.29, 0.717) is 6.42 Å². The fourth-order valence-corrected chi connectivity index (χ4v) is 3.56. The Bertz CT molecular complexity index is 1230. The van der Waals surface area contributed by atoms with Crippen LogP contribution in [0.1, 0.15) is 59.3 Å².